The van der Waals surface area contributed by atoms with Gasteiger partial charge in [0, 0.05) is 38.1 Å². The molecule has 2 amide bonds. The average molecular weight is 394 g/mol. The Morgan fingerprint density at radius 3 is 2.69 bits per heavy atom. The molecule has 2 saturated heterocycles. The number of aryl methyl sites for hydroxylation is 1. The van der Waals surface area contributed by atoms with E-state index in [1.54, 1.807) is 6.07 Å². The Hall–Kier alpha value is -2.80. The highest BCUT2D eigenvalue weighted by Crippen LogP contribution is 2.46. The van der Waals surface area contributed by atoms with Crippen molar-refractivity contribution in [3.8, 4) is 0 Å². The molecular formula is C22H26N4O3. The number of nitrogens with zero attached hydrogens (tertiary/aromatic N) is 4. The Kier molecular flexibility index (Phi) is 5.58. The number of aromatic nitrogens is 2. The number of benzene rings is 1. The summed E-state index contributed by atoms with van der Waals surface area (Å²) >= 11 is 0. The smallest absolute Gasteiger partial charge is 0.255 e. The van der Waals surface area contributed by atoms with Crippen molar-refractivity contribution in [2.75, 3.05) is 32.8 Å². The SMILES string of the molecule is CCOCC(=O)N1C[C@@H]2CN(C(=O)c3ccnnc3)C[C@@H]2[C@H]1c1ccccc1C. The molecule has 0 N–H and O–H groups in total. The molecule has 0 aliphatic carbocycles. The lowest BCUT2D eigenvalue weighted by Gasteiger charge is -2.31. The fourth-order valence-corrected chi connectivity index (χ4v) is 4.66. The van der Waals surface area contributed by atoms with Gasteiger partial charge in [-0.2, -0.15) is 10.2 Å². The maximum atomic E-state index is 12.9. The summed E-state index contributed by atoms with van der Waals surface area (Å²) in [5.74, 6) is 0.458. The molecule has 1 aromatic heterocycles. The summed E-state index contributed by atoms with van der Waals surface area (Å²) in [6, 6.07) is 9.86. The molecule has 2 aliphatic heterocycles. The summed E-state index contributed by atoms with van der Waals surface area (Å²) in [5, 5.41) is 7.57. The summed E-state index contributed by atoms with van der Waals surface area (Å²) in [5.41, 5.74) is 2.87. The summed E-state index contributed by atoms with van der Waals surface area (Å²) < 4.78 is 5.39. The topological polar surface area (TPSA) is 75.6 Å². The van der Waals surface area contributed by atoms with Crippen LogP contribution in [0.5, 0.6) is 0 Å². The first-order valence-corrected chi connectivity index (χ1v) is 10.1. The lowest BCUT2D eigenvalue weighted by Crippen LogP contribution is -2.39. The van der Waals surface area contributed by atoms with Crippen molar-refractivity contribution in [3.63, 3.8) is 0 Å². The van der Waals surface area contributed by atoms with Crippen molar-refractivity contribution in [3.05, 3.63) is 59.4 Å². The lowest BCUT2D eigenvalue weighted by molar-refractivity contribution is -0.137. The molecule has 1 aromatic carbocycles. The normalized spacial score (nSPS) is 23.3. The van der Waals surface area contributed by atoms with Crippen LogP contribution >= 0.6 is 0 Å². The predicted molar refractivity (Wildman–Crippen MR) is 107 cm³/mol. The van der Waals surface area contributed by atoms with Gasteiger partial charge in [0.1, 0.15) is 6.61 Å². The van der Waals surface area contributed by atoms with E-state index in [1.165, 1.54) is 12.4 Å². The molecule has 29 heavy (non-hydrogen) atoms. The van der Waals surface area contributed by atoms with Crippen LogP contribution in [-0.2, 0) is 9.53 Å². The number of carbonyl (C=O) groups is 2. The van der Waals surface area contributed by atoms with E-state index in [1.807, 2.05) is 28.9 Å². The van der Waals surface area contributed by atoms with Gasteiger partial charge in [-0.25, -0.2) is 0 Å². The second-order valence-electron chi connectivity index (χ2n) is 7.75. The number of likely N-dealkylation sites (tertiary alicyclic amines) is 2. The first kappa shape index (κ1) is 19.5. The standard InChI is InChI=1S/C22H26N4O3/c1-3-29-14-20(27)26-12-17-11-25(22(28)16-8-9-23-24-10-16)13-19(17)21(26)18-7-5-4-6-15(18)2/h4-10,17,19,21H,3,11-14H2,1-2H3/t17-,19-,21+/m0/s1. The zero-order chi connectivity index (χ0) is 20.4. The van der Waals surface area contributed by atoms with E-state index in [9.17, 15) is 9.59 Å². The van der Waals surface area contributed by atoms with Crippen LogP contribution in [0.2, 0.25) is 0 Å². The third-order valence-electron chi connectivity index (χ3n) is 6.04. The first-order valence-electron chi connectivity index (χ1n) is 10.1. The molecule has 2 aliphatic rings. The number of amides is 2. The summed E-state index contributed by atoms with van der Waals surface area (Å²) in [6.45, 7) is 6.51. The monoisotopic (exact) mass is 394 g/mol. The molecule has 0 saturated carbocycles. The minimum absolute atomic E-state index is 0.0192. The van der Waals surface area contributed by atoms with Gasteiger partial charge in [0.05, 0.1) is 24.0 Å². The molecule has 3 heterocycles. The Labute approximate surface area is 170 Å². The predicted octanol–water partition coefficient (Wildman–Crippen LogP) is 2.09. The van der Waals surface area contributed by atoms with Crippen LogP contribution in [0.3, 0.4) is 0 Å². The Morgan fingerprint density at radius 1 is 1.14 bits per heavy atom. The van der Waals surface area contributed by atoms with Crippen molar-refractivity contribution in [1.82, 2.24) is 20.0 Å². The van der Waals surface area contributed by atoms with Crippen LogP contribution in [0.15, 0.2) is 42.7 Å². The van der Waals surface area contributed by atoms with E-state index >= 15 is 0 Å². The van der Waals surface area contributed by atoms with Gasteiger partial charge in [0.25, 0.3) is 5.91 Å². The minimum Gasteiger partial charge on any atom is -0.372 e. The second kappa shape index (κ2) is 8.29. The highest BCUT2D eigenvalue weighted by molar-refractivity contribution is 5.94. The molecule has 2 fully saturated rings. The average Bonchev–Trinajstić information content (AvgIpc) is 3.31. The number of fused-ring (bicyclic) bond motifs is 1. The maximum absolute atomic E-state index is 12.9. The molecule has 2 aromatic rings. The Balaban J connectivity index is 1.59. The molecule has 7 nitrogen and oxygen atoms in total. The number of hydrogen-bond acceptors (Lipinski definition) is 5. The summed E-state index contributed by atoms with van der Waals surface area (Å²) in [7, 11) is 0. The van der Waals surface area contributed by atoms with Crippen LogP contribution in [0, 0.1) is 18.8 Å². The quantitative estimate of drug-likeness (QED) is 0.776. The lowest BCUT2D eigenvalue weighted by atomic mass is 9.87. The molecule has 152 valence electrons. The van der Waals surface area contributed by atoms with Crippen LogP contribution in [0.4, 0.5) is 0 Å². The molecule has 4 rings (SSSR count). The zero-order valence-electron chi connectivity index (χ0n) is 16.8. The van der Waals surface area contributed by atoms with Gasteiger partial charge < -0.3 is 14.5 Å². The van der Waals surface area contributed by atoms with Crippen LogP contribution in [0.1, 0.15) is 34.5 Å². The van der Waals surface area contributed by atoms with Gasteiger partial charge in [-0.1, -0.05) is 24.3 Å². The van der Waals surface area contributed by atoms with Gasteiger partial charge in [-0.15, -0.1) is 0 Å². The molecule has 3 atom stereocenters. The van der Waals surface area contributed by atoms with Crippen molar-refractivity contribution in [2.24, 2.45) is 11.8 Å². The molecule has 0 radical (unpaired) electrons. The zero-order valence-corrected chi connectivity index (χ0v) is 16.8. The molecular weight excluding hydrogens is 368 g/mol. The molecule has 0 unspecified atom stereocenters. The second-order valence-corrected chi connectivity index (χ2v) is 7.75. The van der Waals surface area contributed by atoms with Crippen molar-refractivity contribution < 1.29 is 14.3 Å². The van der Waals surface area contributed by atoms with Gasteiger partial charge in [0.15, 0.2) is 0 Å². The number of hydrogen-bond donors (Lipinski definition) is 0. The van der Waals surface area contributed by atoms with E-state index < -0.39 is 0 Å². The van der Waals surface area contributed by atoms with Crippen molar-refractivity contribution in [1.29, 1.82) is 0 Å². The summed E-state index contributed by atoms with van der Waals surface area (Å²) in [6.07, 6.45) is 3.04. The molecule has 0 bridgehead atoms. The third kappa shape index (κ3) is 3.74. The van der Waals surface area contributed by atoms with Crippen LogP contribution < -0.4 is 0 Å². The van der Waals surface area contributed by atoms with Crippen LogP contribution in [0.25, 0.3) is 0 Å². The van der Waals surface area contributed by atoms with E-state index in [4.69, 9.17) is 4.74 Å². The number of carbonyl (C=O) groups excluding carboxylic acids is 2. The molecule has 7 heteroatoms. The minimum atomic E-state index is -0.0393. The summed E-state index contributed by atoms with van der Waals surface area (Å²) in [4.78, 5) is 29.6. The van der Waals surface area contributed by atoms with Gasteiger partial charge in [-0.05, 0) is 31.0 Å². The Morgan fingerprint density at radius 2 is 1.97 bits per heavy atom. The Bertz CT molecular complexity index is 889. The van der Waals surface area contributed by atoms with E-state index in [0.29, 0.717) is 31.8 Å². The molecule has 0 spiro atoms. The van der Waals surface area contributed by atoms with Gasteiger partial charge >= 0.3 is 0 Å². The first-order chi connectivity index (χ1) is 14.1. The van der Waals surface area contributed by atoms with E-state index in [2.05, 4.69) is 29.3 Å². The van der Waals surface area contributed by atoms with Crippen LogP contribution in [-0.4, -0.2) is 64.7 Å². The fourth-order valence-electron chi connectivity index (χ4n) is 4.66. The third-order valence-corrected chi connectivity index (χ3v) is 6.04. The van der Waals surface area contributed by atoms with E-state index in [0.717, 1.165) is 11.1 Å². The van der Waals surface area contributed by atoms with Gasteiger partial charge in [0.2, 0.25) is 5.91 Å². The van der Waals surface area contributed by atoms with E-state index in [-0.39, 0.29) is 36.3 Å². The fraction of sp³-hybridized carbons (Fsp3) is 0.455. The van der Waals surface area contributed by atoms with Crippen molar-refractivity contribution >= 4 is 11.8 Å². The maximum Gasteiger partial charge on any atom is 0.255 e. The largest absolute Gasteiger partial charge is 0.372 e. The number of ether oxygens (including phenoxy) is 1. The van der Waals surface area contributed by atoms with Crippen molar-refractivity contribution in [2.45, 2.75) is 19.9 Å². The highest BCUT2D eigenvalue weighted by Gasteiger charge is 2.50. The number of rotatable bonds is 5. The van der Waals surface area contributed by atoms with Gasteiger partial charge in [-0.3, -0.25) is 9.59 Å². The highest BCUT2D eigenvalue weighted by atomic mass is 16.5.